The molecule has 0 saturated heterocycles. The molecule has 0 bridgehead atoms. The third kappa shape index (κ3) is 1.93. The summed E-state index contributed by atoms with van der Waals surface area (Å²) in [5.41, 5.74) is 0.425. The molecule has 0 aliphatic carbocycles. The van der Waals surface area contributed by atoms with Crippen molar-refractivity contribution in [3.63, 3.8) is 0 Å². The van der Waals surface area contributed by atoms with Crippen LogP contribution >= 0.6 is 0 Å². The zero-order valence-electron chi connectivity index (χ0n) is 8.28. The Morgan fingerprint density at radius 1 is 1.30 bits per heavy atom. The lowest BCUT2D eigenvalue weighted by Crippen LogP contribution is -2.25. The van der Waals surface area contributed by atoms with Crippen LogP contribution < -0.4 is 0 Å². The van der Waals surface area contributed by atoms with E-state index in [9.17, 15) is 0 Å². The van der Waals surface area contributed by atoms with Gasteiger partial charge in [-0.25, -0.2) is 0 Å². The van der Waals surface area contributed by atoms with Crippen molar-refractivity contribution in [1.29, 1.82) is 0 Å². The van der Waals surface area contributed by atoms with Crippen LogP contribution in [-0.4, -0.2) is 0 Å². The molecule has 0 aliphatic rings. The number of hydrogen-bond acceptors (Lipinski definition) is 0. The van der Waals surface area contributed by atoms with Crippen LogP contribution in [0.15, 0.2) is 0 Å². The Kier molecular flexibility index (Phi) is 3.27. The van der Waals surface area contributed by atoms with Crippen molar-refractivity contribution in [2.75, 3.05) is 0 Å². The molecule has 1 atom stereocenters. The van der Waals surface area contributed by atoms with E-state index in [4.69, 9.17) is 0 Å². The zero-order valence-corrected chi connectivity index (χ0v) is 8.28. The molecule has 0 heteroatoms. The molecule has 0 nitrogen and oxygen atoms in total. The predicted molar refractivity (Wildman–Crippen MR) is 47.8 cm³/mol. The maximum absolute atomic E-state index is 2.33. The van der Waals surface area contributed by atoms with Crippen LogP contribution in [0.4, 0.5) is 0 Å². The second-order valence-corrected chi connectivity index (χ2v) is 4.03. The van der Waals surface area contributed by atoms with Crippen LogP contribution in [0, 0.1) is 17.3 Å². The van der Waals surface area contributed by atoms with Crippen LogP contribution in [0.1, 0.15) is 48.0 Å². The lowest BCUT2D eigenvalue weighted by molar-refractivity contribution is 0.243. The summed E-state index contributed by atoms with van der Waals surface area (Å²) in [6, 6.07) is 0. The summed E-state index contributed by atoms with van der Waals surface area (Å²) in [5.74, 6) is 2.35. The van der Waals surface area contributed by atoms with Crippen molar-refractivity contribution in [1.82, 2.24) is 0 Å². The Labute approximate surface area is 66.0 Å². The first-order chi connectivity index (χ1) is 4.42. The Balaban J connectivity index is 4.09. The van der Waals surface area contributed by atoms with E-state index in [0.717, 1.165) is 5.92 Å². The van der Waals surface area contributed by atoms with E-state index in [1.54, 1.807) is 5.92 Å². The first-order valence-electron chi connectivity index (χ1n) is 4.23. The minimum atomic E-state index is 0.425. The van der Waals surface area contributed by atoms with E-state index in [0.29, 0.717) is 5.41 Å². The second-order valence-electron chi connectivity index (χ2n) is 4.03. The SMILES string of the molecule is CCC(C)C(C)(C)[C+](C)C. The van der Waals surface area contributed by atoms with Gasteiger partial charge in [0.25, 0.3) is 0 Å². The molecule has 0 amide bonds. The topological polar surface area (TPSA) is 0 Å². The van der Waals surface area contributed by atoms with Crippen molar-refractivity contribution in [3.8, 4) is 0 Å². The predicted octanol–water partition coefficient (Wildman–Crippen LogP) is 3.67. The third-order valence-electron chi connectivity index (χ3n) is 3.13. The average molecular weight is 141 g/mol. The van der Waals surface area contributed by atoms with Crippen LogP contribution in [0.2, 0.25) is 0 Å². The standard InChI is InChI=1S/C10H21/c1-7-9(4)10(5,6)8(2)3/h9H,7H2,1-6H3/q+1. The van der Waals surface area contributed by atoms with Gasteiger partial charge in [0.05, 0.1) is 19.8 Å². The van der Waals surface area contributed by atoms with Crippen LogP contribution in [0.5, 0.6) is 0 Å². The summed E-state index contributed by atoms with van der Waals surface area (Å²) in [7, 11) is 0. The molecular formula is C10H21+. The van der Waals surface area contributed by atoms with Gasteiger partial charge in [-0.2, -0.15) is 0 Å². The fourth-order valence-corrected chi connectivity index (χ4v) is 1.00. The highest BCUT2D eigenvalue weighted by Crippen LogP contribution is 2.37. The van der Waals surface area contributed by atoms with E-state index in [2.05, 4.69) is 41.5 Å². The van der Waals surface area contributed by atoms with Gasteiger partial charge in [-0.15, -0.1) is 0 Å². The first kappa shape index (κ1) is 9.87. The molecule has 0 aromatic carbocycles. The molecule has 0 saturated carbocycles. The molecule has 0 aromatic rings. The summed E-state index contributed by atoms with van der Waals surface area (Å²) in [5, 5.41) is 0. The summed E-state index contributed by atoms with van der Waals surface area (Å²) in [6.45, 7) is 13.7. The second kappa shape index (κ2) is 3.32. The fourth-order valence-electron chi connectivity index (χ4n) is 1.00. The molecule has 0 aliphatic heterocycles. The maximum atomic E-state index is 2.33. The molecule has 0 aromatic heterocycles. The number of rotatable bonds is 3. The Morgan fingerprint density at radius 2 is 1.70 bits per heavy atom. The molecule has 0 N–H and O–H groups in total. The third-order valence-corrected chi connectivity index (χ3v) is 3.13. The Bertz CT molecular complexity index is 90.2. The molecule has 0 fully saturated rings. The quantitative estimate of drug-likeness (QED) is 0.526. The van der Waals surface area contributed by atoms with Crippen molar-refractivity contribution in [3.05, 3.63) is 5.92 Å². The maximum Gasteiger partial charge on any atom is 0.107 e. The van der Waals surface area contributed by atoms with E-state index in [1.165, 1.54) is 6.42 Å². The normalized spacial score (nSPS) is 15.0. The van der Waals surface area contributed by atoms with E-state index < -0.39 is 0 Å². The highest BCUT2D eigenvalue weighted by molar-refractivity contribution is 4.97. The van der Waals surface area contributed by atoms with Gasteiger partial charge in [0.15, 0.2) is 0 Å². The van der Waals surface area contributed by atoms with Gasteiger partial charge >= 0.3 is 0 Å². The van der Waals surface area contributed by atoms with E-state index >= 15 is 0 Å². The van der Waals surface area contributed by atoms with Crippen LogP contribution in [0.3, 0.4) is 0 Å². The Morgan fingerprint density at radius 3 is 1.80 bits per heavy atom. The van der Waals surface area contributed by atoms with E-state index in [-0.39, 0.29) is 0 Å². The van der Waals surface area contributed by atoms with Gasteiger partial charge in [-0.1, -0.05) is 13.8 Å². The monoisotopic (exact) mass is 141 g/mol. The summed E-state index contributed by atoms with van der Waals surface area (Å²) < 4.78 is 0. The van der Waals surface area contributed by atoms with Gasteiger partial charge in [0.1, 0.15) is 5.41 Å². The van der Waals surface area contributed by atoms with Gasteiger partial charge < -0.3 is 0 Å². The fraction of sp³-hybridized carbons (Fsp3) is 0.900. The lowest BCUT2D eigenvalue weighted by Gasteiger charge is -2.26. The van der Waals surface area contributed by atoms with Crippen molar-refractivity contribution in [2.24, 2.45) is 11.3 Å². The molecular weight excluding hydrogens is 120 g/mol. The summed E-state index contributed by atoms with van der Waals surface area (Å²) >= 11 is 0. The van der Waals surface area contributed by atoms with Crippen LogP contribution in [0.25, 0.3) is 0 Å². The highest BCUT2D eigenvalue weighted by Gasteiger charge is 2.36. The minimum Gasteiger partial charge on any atom is -0.0649 e. The summed E-state index contributed by atoms with van der Waals surface area (Å²) in [4.78, 5) is 0. The van der Waals surface area contributed by atoms with Crippen molar-refractivity contribution in [2.45, 2.75) is 48.0 Å². The average Bonchev–Trinajstić information content (AvgIpc) is 1.86. The lowest BCUT2D eigenvalue weighted by atomic mass is 9.71. The van der Waals surface area contributed by atoms with Crippen molar-refractivity contribution < 1.29 is 0 Å². The molecule has 0 rings (SSSR count). The summed E-state index contributed by atoms with van der Waals surface area (Å²) in [6.07, 6.45) is 1.28. The Hall–Kier alpha value is -0.130. The first-order valence-corrected chi connectivity index (χ1v) is 4.23. The van der Waals surface area contributed by atoms with Crippen molar-refractivity contribution >= 4 is 0 Å². The van der Waals surface area contributed by atoms with Gasteiger partial charge in [0, 0.05) is 5.92 Å². The highest BCUT2D eigenvalue weighted by atomic mass is 14.3. The molecule has 1 unspecified atom stereocenters. The number of hydrogen-bond donors (Lipinski definition) is 0. The smallest absolute Gasteiger partial charge is 0.0649 e. The zero-order chi connectivity index (χ0) is 8.36. The molecule has 10 heavy (non-hydrogen) atoms. The van der Waals surface area contributed by atoms with Gasteiger partial charge in [-0.05, 0) is 20.3 Å². The largest absolute Gasteiger partial charge is 0.107 e. The molecule has 0 radical (unpaired) electrons. The molecule has 60 valence electrons. The van der Waals surface area contributed by atoms with Crippen LogP contribution in [-0.2, 0) is 0 Å². The molecule has 0 heterocycles. The minimum absolute atomic E-state index is 0.425. The van der Waals surface area contributed by atoms with E-state index in [1.807, 2.05) is 0 Å². The molecule has 0 spiro atoms. The van der Waals surface area contributed by atoms with Gasteiger partial charge in [0.2, 0.25) is 0 Å². The van der Waals surface area contributed by atoms with Gasteiger partial charge in [-0.3, -0.25) is 0 Å².